The fourth-order valence-corrected chi connectivity index (χ4v) is 1.99. The van der Waals surface area contributed by atoms with Crippen molar-refractivity contribution in [3.8, 4) is 0 Å². The minimum Gasteiger partial charge on any atom is -0.399 e. The number of hydrogen-bond acceptors (Lipinski definition) is 3. The number of nitrogens with zero attached hydrogens (tertiary/aromatic N) is 1. The van der Waals surface area contributed by atoms with E-state index in [0.29, 0.717) is 21.5 Å². The van der Waals surface area contributed by atoms with E-state index in [0.717, 1.165) is 4.47 Å². The molecular weight excluding hydrogens is 362 g/mol. The Morgan fingerprint density at radius 2 is 1.89 bits per heavy atom. The van der Waals surface area contributed by atoms with Crippen LogP contribution in [0.2, 0.25) is 0 Å². The summed E-state index contributed by atoms with van der Waals surface area (Å²) in [5.41, 5.74) is 7.33. The van der Waals surface area contributed by atoms with Gasteiger partial charge in [-0.3, -0.25) is 4.79 Å². The van der Waals surface area contributed by atoms with Crippen LogP contribution in [0.15, 0.2) is 45.6 Å². The van der Waals surface area contributed by atoms with Crippen LogP contribution in [0.1, 0.15) is 10.4 Å². The summed E-state index contributed by atoms with van der Waals surface area (Å²) in [7, 11) is 0. The smallest absolute Gasteiger partial charge is 0.255 e. The Hall–Kier alpha value is -1.40. The summed E-state index contributed by atoms with van der Waals surface area (Å²) < 4.78 is 1.37. The van der Waals surface area contributed by atoms with Crippen molar-refractivity contribution in [3.05, 3.63) is 51.2 Å². The van der Waals surface area contributed by atoms with Gasteiger partial charge in [-0.1, -0.05) is 0 Å². The Labute approximate surface area is 121 Å². The summed E-state index contributed by atoms with van der Waals surface area (Å²) in [5.74, 6) is -0.212. The van der Waals surface area contributed by atoms with E-state index in [1.807, 2.05) is 0 Å². The molecule has 2 rings (SSSR count). The molecule has 0 bridgehead atoms. The van der Waals surface area contributed by atoms with E-state index in [2.05, 4.69) is 42.2 Å². The predicted molar refractivity (Wildman–Crippen MR) is 78.4 cm³/mol. The van der Waals surface area contributed by atoms with E-state index in [-0.39, 0.29) is 5.91 Å². The standard InChI is InChI=1S/C12H9Br2N3O/c13-8-5-10(11(14)16-6-8)17-12(18)7-1-3-9(15)4-2-7/h1-6H,15H2,(H,17,18). The van der Waals surface area contributed by atoms with E-state index in [1.165, 1.54) is 0 Å². The van der Waals surface area contributed by atoms with Crippen LogP contribution in [-0.4, -0.2) is 10.9 Å². The average Bonchev–Trinajstić information content (AvgIpc) is 2.34. The third kappa shape index (κ3) is 3.08. The van der Waals surface area contributed by atoms with Crippen LogP contribution in [0.25, 0.3) is 0 Å². The molecule has 4 nitrogen and oxygen atoms in total. The van der Waals surface area contributed by atoms with Crippen LogP contribution in [-0.2, 0) is 0 Å². The largest absolute Gasteiger partial charge is 0.399 e. The third-order valence-corrected chi connectivity index (χ3v) is 3.29. The summed E-state index contributed by atoms with van der Waals surface area (Å²) in [6.45, 7) is 0. The number of nitrogens with one attached hydrogen (secondary N) is 1. The number of carbonyl (C=O) groups is 1. The summed E-state index contributed by atoms with van der Waals surface area (Å²) >= 11 is 6.58. The second-order valence-electron chi connectivity index (χ2n) is 3.57. The van der Waals surface area contributed by atoms with E-state index in [1.54, 1.807) is 36.5 Å². The van der Waals surface area contributed by atoms with Gasteiger partial charge in [0.1, 0.15) is 4.60 Å². The van der Waals surface area contributed by atoms with Crippen molar-refractivity contribution in [1.82, 2.24) is 4.98 Å². The highest BCUT2D eigenvalue weighted by atomic mass is 79.9. The summed E-state index contributed by atoms with van der Waals surface area (Å²) in [6.07, 6.45) is 1.64. The molecule has 0 atom stereocenters. The minimum absolute atomic E-state index is 0.212. The minimum atomic E-state index is -0.212. The van der Waals surface area contributed by atoms with E-state index in [9.17, 15) is 4.79 Å². The fourth-order valence-electron chi connectivity index (χ4n) is 1.34. The number of halogens is 2. The average molecular weight is 371 g/mol. The van der Waals surface area contributed by atoms with E-state index in [4.69, 9.17) is 5.73 Å². The molecule has 0 unspecified atom stereocenters. The van der Waals surface area contributed by atoms with Gasteiger partial charge in [0.15, 0.2) is 0 Å². The van der Waals surface area contributed by atoms with Crippen molar-refractivity contribution in [2.24, 2.45) is 0 Å². The fraction of sp³-hybridized carbons (Fsp3) is 0. The maximum Gasteiger partial charge on any atom is 0.255 e. The zero-order valence-corrected chi connectivity index (χ0v) is 12.3. The SMILES string of the molecule is Nc1ccc(C(=O)Nc2cc(Br)cnc2Br)cc1. The van der Waals surface area contributed by atoms with Gasteiger partial charge in [0, 0.05) is 21.9 Å². The molecule has 92 valence electrons. The Balaban J connectivity index is 2.21. The molecule has 0 fully saturated rings. The lowest BCUT2D eigenvalue weighted by Crippen LogP contribution is -2.12. The molecule has 1 aromatic heterocycles. The van der Waals surface area contributed by atoms with Crippen molar-refractivity contribution < 1.29 is 4.79 Å². The highest BCUT2D eigenvalue weighted by molar-refractivity contribution is 9.11. The van der Waals surface area contributed by atoms with Crippen molar-refractivity contribution >= 4 is 49.1 Å². The number of carbonyl (C=O) groups excluding carboxylic acids is 1. The molecular formula is C12H9Br2N3O. The van der Waals surface area contributed by atoms with Gasteiger partial charge >= 0.3 is 0 Å². The topological polar surface area (TPSA) is 68.0 Å². The van der Waals surface area contributed by atoms with Crippen LogP contribution in [0.4, 0.5) is 11.4 Å². The molecule has 0 saturated carbocycles. The molecule has 1 aromatic carbocycles. The maximum absolute atomic E-state index is 12.0. The first-order chi connectivity index (χ1) is 8.56. The number of amides is 1. The molecule has 0 aliphatic rings. The number of aromatic nitrogens is 1. The molecule has 0 aliphatic heterocycles. The van der Waals surface area contributed by atoms with Crippen LogP contribution in [0.5, 0.6) is 0 Å². The third-order valence-electron chi connectivity index (χ3n) is 2.23. The predicted octanol–water partition coefficient (Wildman–Crippen LogP) is 3.44. The summed E-state index contributed by atoms with van der Waals surface area (Å²) in [4.78, 5) is 16.0. The molecule has 18 heavy (non-hydrogen) atoms. The van der Waals surface area contributed by atoms with Gasteiger partial charge in [0.25, 0.3) is 5.91 Å². The molecule has 0 radical (unpaired) electrons. The van der Waals surface area contributed by atoms with Gasteiger partial charge in [0.2, 0.25) is 0 Å². The summed E-state index contributed by atoms with van der Waals surface area (Å²) in [6, 6.07) is 8.48. The number of benzene rings is 1. The Bertz CT molecular complexity index is 584. The first-order valence-corrected chi connectivity index (χ1v) is 6.63. The van der Waals surface area contributed by atoms with Gasteiger partial charge in [0.05, 0.1) is 5.69 Å². The van der Waals surface area contributed by atoms with Crippen LogP contribution < -0.4 is 11.1 Å². The monoisotopic (exact) mass is 369 g/mol. The highest BCUT2D eigenvalue weighted by Gasteiger charge is 2.09. The van der Waals surface area contributed by atoms with Crippen LogP contribution >= 0.6 is 31.9 Å². The molecule has 0 aliphatic carbocycles. The molecule has 1 heterocycles. The Morgan fingerprint density at radius 1 is 1.22 bits per heavy atom. The maximum atomic E-state index is 12.0. The molecule has 1 amide bonds. The summed E-state index contributed by atoms with van der Waals surface area (Å²) in [5, 5.41) is 2.77. The van der Waals surface area contributed by atoms with Crippen molar-refractivity contribution in [3.63, 3.8) is 0 Å². The number of hydrogen-bond donors (Lipinski definition) is 2. The zero-order chi connectivity index (χ0) is 13.1. The second-order valence-corrected chi connectivity index (χ2v) is 5.23. The molecule has 6 heteroatoms. The molecule has 3 N–H and O–H groups in total. The molecule has 2 aromatic rings. The highest BCUT2D eigenvalue weighted by Crippen LogP contribution is 2.24. The van der Waals surface area contributed by atoms with Crippen LogP contribution in [0.3, 0.4) is 0 Å². The molecule has 0 spiro atoms. The first-order valence-electron chi connectivity index (χ1n) is 5.04. The van der Waals surface area contributed by atoms with Crippen molar-refractivity contribution in [2.45, 2.75) is 0 Å². The lowest BCUT2D eigenvalue weighted by molar-refractivity contribution is 0.102. The van der Waals surface area contributed by atoms with Gasteiger partial charge in [-0.15, -0.1) is 0 Å². The lowest BCUT2D eigenvalue weighted by Gasteiger charge is -2.07. The number of nitrogen functional groups attached to an aromatic ring is 1. The van der Waals surface area contributed by atoms with Gasteiger partial charge in [-0.2, -0.15) is 0 Å². The van der Waals surface area contributed by atoms with Crippen LogP contribution in [0, 0.1) is 0 Å². The Morgan fingerprint density at radius 3 is 2.56 bits per heavy atom. The number of pyridine rings is 1. The zero-order valence-electron chi connectivity index (χ0n) is 9.15. The normalized spacial score (nSPS) is 10.1. The van der Waals surface area contributed by atoms with E-state index < -0.39 is 0 Å². The number of nitrogens with two attached hydrogens (primary N) is 1. The van der Waals surface area contributed by atoms with Crippen molar-refractivity contribution in [2.75, 3.05) is 11.1 Å². The lowest BCUT2D eigenvalue weighted by atomic mass is 10.2. The molecule has 0 saturated heterocycles. The van der Waals surface area contributed by atoms with Crippen molar-refractivity contribution in [1.29, 1.82) is 0 Å². The number of anilines is 2. The van der Waals surface area contributed by atoms with E-state index >= 15 is 0 Å². The first kappa shape index (κ1) is 13.0. The Kier molecular flexibility index (Phi) is 3.98. The van der Waals surface area contributed by atoms with Gasteiger partial charge in [-0.05, 0) is 62.2 Å². The van der Waals surface area contributed by atoms with Gasteiger partial charge in [-0.25, -0.2) is 4.98 Å². The second kappa shape index (κ2) is 5.49. The number of rotatable bonds is 2. The van der Waals surface area contributed by atoms with Gasteiger partial charge < -0.3 is 11.1 Å². The quantitative estimate of drug-likeness (QED) is 0.628.